The summed E-state index contributed by atoms with van der Waals surface area (Å²) in [6.07, 6.45) is 1.62. The summed E-state index contributed by atoms with van der Waals surface area (Å²) in [4.78, 5) is 14.6. The molecule has 0 radical (unpaired) electrons. The van der Waals surface area contributed by atoms with Gasteiger partial charge >= 0.3 is 5.97 Å². The fraction of sp³-hybridized carbons (Fsp3) is 0.111. The van der Waals surface area contributed by atoms with Crippen LogP contribution in [0.2, 0.25) is 0 Å². The number of nitrogens with zero attached hydrogens (tertiary/aromatic N) is 4. The van der Waals surface area contributed by atoms with Gasteiger partial charge in [-0.1, -0.05) is 11.8 Å². The molecule has 2 heterocycles. The van der Waals surface area contributed by atoms with E-state index in [1.165, 1.54) is 4.68 Å². The van der Waals surface area contributed by atoms with Crippen LogP contribution < -0.4 is 5.84 Å². The molecule has 2 aromatic heterocycles. The molecule has 2 aromatic rings. The number of hydrogen-bond acceptors (Lipinski definition) is 6. The quantitative estimate of drug-likeness (QED) is 0.636. The first-order valence-corrected chi connectivity index (χ1v) is 6.53. The summed E-state index contributed by atoms with van der Waals surface area (Å²) in [7, 11) is 0. The summed E-state index contributed by atoms with van der Waals surface area (Å²) in [5, 5.41) is 16.6. The van der Waals surface area contributed by atoms with Gasteiger partial charge in [-0.2, -0.15) is 0 Å². The third kappa shape index (κ3) is 2.79. The monoisotopic (exact) mass is 329 g/mol. The van der Waals surface area contributed by atoms with Gasteiger partial charge in [0, 0.05) is 10.7 Å². The molecule has 0 saturated carbocycles. The number of nitrogens with two attached hydrogens (primary N) is 1. The molecule has 9 heteroatoms. The molecule has 0 aromatic carbocycles. The molecule has 0 saturated heterocycles. The lowest BCUT2D eigenvalue weighted by Crippen LogP contribution is -2.12. The molecular weight excluding hydrogens is 322 g/mol. The standard InChI is InChI=1S/C9H8BrN5O2S/c10-5-1-2-6(12-3-5)8-13-14-9(15(8)11)18-4-7(16)17/h1-3H,4,11H2,(H,16,17). The number of carboxylic acid groups (broad SMARTS) is 1. The third-order valence-electron chi connectivity index (χ3n) is 1.95. The van der Waals surface area contributed by atoms with Crippen LogP contribution in [0, 0.1) is 0 Å². The number of carboxylic acids is 1. The lowest BCUT2D eigenvalue weighted by molar-refractivity contribution is -0.133. The largest absolute Gasteiger partial charge is 0.481 e. The predicted octanol–water partition coefficient (Wildman–Crippen LogP) is 0.993. The average molecular weight is 330 g/mol. The highest BCUT2D eigenvalue weighted by Gasteiger charge is 2.14. The average Bonchev–Trinajstić information content (AvgIpc) is 2.69. The smallest absolute Gasteiger partial charge is 0.313 e. The molecule has 0 atom stereocenters. The fourth-order valence-corrected chi connectivity index (χ4v) is 2.00. The molecule has 18 heavy (non-hydrogen) atoms. The molecule has 0 fully saturated rings. The molecule has 0 aliphatic rings. The van der Waals surface area contributed by atoms with E-state index in [-0.39, 0.29) is 5.75 Å². The van der Waals surface area contributed by atoms with Crippen molar-refractivity contribution >= 4 is 33.7 Å². The maximum Gasteiger partial charge on any atom is 0.313 e. The van der Waals surface area contributed by atoms with E-state index in [4.69, 9.17) is 10.9 Å². The van der Waals surface area contributed by atoms with Crippen LogP contribution >= 0.6 is 27.7 Å². The van der Waals surface area contributed by atoms with Crippen molar-refractivity contribution in [2.75, 3.05) is 11.6 Å². The maximum atomic E-state index is 10.5. The van der Waals surface area contributed by atoms with Crippen LogP contribution in [0.5, 0.6) is 0 Å². The van der Waals surface area contributed by atoms with E-state index in [1.54, 1.807) is 18.3 Å². The van der Waals surface area contributed by atoms with Gasteiger partial charge in [0.2, 0.25) is 11.0 Å². The van der Waals surface area contributed by atoms with Crippen LogP contribution in [0.25, 0.3) is 11.5 Å². The number of thioether (sulfide) groups is 1. The number of pyridine rings is 1. The SMILES string of the molecule is Nn1c(SCC(=O)O)nnc1-c1ccc(Br)cn1. The van der Waals surface area contributed by atoms with Crippen molar-refractivity contribution in [3.8, 4) is 11.5 Å². The zero-order valence-corrected chi connectivity index (χ0v) is 11.3. The molecule has 0 unspecified atom stereocenters. The van der Waals surface area contributed by atoms with Crippen molar-refractivity contribution in [3.63, 3.8) is 0 Å². The number of hydrogen-bond donors (Lipinski definition) is 2. The van der Waals surface area contributed by atoms with E-state index in [1.807, 2.05) is 0 Å². The molecule has 94 valence electrons. The van der Waals surface area contributed by atoms with Crippen LogP contribution in [0.15, 0.2) is 28.0 Å². The molecule has 0 spiro atoms. The Labute approximate surface area is 115 Å². The number of aliphatic carboxylic acids is 1. The van der Waals surface area contributed by atoms with Crippen molar-refractivity contribution in [3.05, 3.63) is 22.8 Å². The van der Waals surface area contributed by atoms with Gasteiger partial charge in [-0.05, 0) is 28.1 Å². The zero-order valence-electron chi connectivity index (χ0n) is 8.95. The molecule has 7 nitrogen and oxygen atoms in total. The van der Waals surface area contributed by atoms with Gasteiger partial charge in [0.15, 0.2) is 0 Å². The van der Waals surface area contributed by atoms with Crippen LogP contribution in [0.1, 0.15) is 0 Å². The first-order valence-electron chi connectivity index (χ1n) is 4.75. The Morgan fingerprint density at radius 1 is 1.50 bits per heavy atom. The van der Waals surface area contributed by atoms with Gasteiger partial charge in [0.1, 0.15) is 5.69 Å². The third-order valence-corrected chi connectivity index (χ3v) is 3.34. The van der Waals surface area contributed by atoms with Crippen LogP contribution in [-0.4, -0.2) is 36.7 Å². The lowest BCUT2D eigenvalue weighted by Gasteiger charge is -2.01. The van der Waals surface area contributed by atoms with Gasteiger partial charge in [-0.3, -0.25) is 9.78 Å². The van der Waals surface area contributed by atoms with Crippen LogP contribution in [0.4, 0.5) is 0 Å². The first kappa shape index (κ1) is 12.8. The van der Waals surface area contributed by atoms with Gasteiger partial charge in [-0.25, -0.2) is 4.68 Å². The Hall–Kier alpha value is -1.61. The van der Waals surface area contributed by atoms with Crippen molar-refractivity contribution in [2.24, 2.45) is 0 Å². The highest BCUT2D eigenvalue weighted by atomic mass is 79.9. The molecule has 3 N–H and O–H groups in total. The number of nitrogen functional groups attached to an aromatic ring is 1. The van der Waals surface area contributed by atoms with E-state index in [2.05, 4.69) is 31.1 Å². The lowest BCUT2D eigenvalue weighted by atomic mass is 10.3. The van der Waals surface area contributed by atoms with Crippen molar-refractivity contribution in [1.29, 1.82) is 0 Å². The number of rotatable bonds is 4. The molecule has 2 rings (SSSR count). The molecule has 0 aliphatic heterocycles. The Balaban J connectivity index is 2.25. The molecule has 0 aliphatic carbocycles. The predicted molar refractivity (Wildman–Crippen MR) is 69.5 cm³/mol. The number of halogens is 1. The second kappa shape index (κ2) is 5.36. The summed E-state index contributed by atoms with van der Waals surface area (Å²) in [5.41, 5.74) is 0.565. The summed E-state index contributed by atoms with van der Waals surface area (Å²) in [6.45, 7) is 0. The molecule has 0 bridgehead atoms. The summed E-state index contributed by atoms with van der Waals surface area (Å²) in [6, 6.07) is 3.55. The Kier molecular flexibility index (Phi) is 3.82. The maximum absolute atomic E-state index is 10.5. The van der Waals surface area contributed by atoms with E-state index in [0.717, 1.165) is 16.2 Å². The highest BCUT2D eigenvalue weighted by molar-refractivity contribution is 9.10. The Morgan fingerprint density at radius 2 is 2.28 bits per heavy atom. The van der Waals surface area contributed by atoms with E-state index in [9.17, 15) is 4.79 Å². The minimum atomic E-state index is -0.939. The normalized spacial score (nSPS) is 10.5. The van der Waals surface area contributed by atoms with Gasteiger partial charge in [0.05, 0.1) is 5.75 Å². The van der Waals surface area contributed by atoms with Crippen molar-refractivity contribution in [2.45, 2.75) is 5.16 Å². The molecular formula is C9H8BrN5O2S. The second-order valence-corrected chi connectivity index (χ2v) is 5.08. The zero-order chi connectivity index (χ0) is 13.1. The van der Waals surface area contributed by atoms with Gasteiger partial charge in [0.25, 0.3) is 0 Å². The highest BCUT2D eigenvalue weighted by Crippen LogP contribution is 2.20. The van der Waals surface area contributed by atoms with Crippen LogP contribution in [0.3, 0.4) is 0 Å². The molecule has 0 amide bonds. The second-order valence-electron chi connectivity index (χ2n) is 3.22. The number of carbonyl (C=O) groups is 1. The van der Waals surface area contributed by atoms with Crippen LogP contribution in [-0.2, 0) is 4.79 Å². The van der Waals surface area contributed by atoms with E-state index >= 15 is 0 Å². The van der Waals surface area contributed by atoms with E-state index < -0.39 is 5.97 Å². The topological polar surface area (TPSA) is 107 Å². The minimum absolute atomic E-state index is 0.122. The van der Waals surface area contributed by atoms with E-state index in [0.29, 0.717) is 16.7 Å². The van der Waals surface area contributed by atoms with Crippen molar-refractivity contribution < 1.29 is 9.90 Å². The van der Waals surface area contributed by atoms with Crippen molar-refractivity contribution in [1.82, 2.24) is 19.9 Å². The van der Waals surface area contributed by atoms with Gasteiger partial charge < -0.3 is 10.9 Å². The Morgan fingerprint density at radius 3 is 2.89 bits per heavy atom. The minimum Gasteiger partial charge on any atom is -0.481 e. The van der Waals surface area contributed by atoms with Gasteiger partial charge in [-0.15, -0.1) is 10.2 Å². The Bertz CT molecular complexity index is 571. The summed E-state index contributed by atoms with van der Waals surface area (Å²) < 4.78 is 2.07. The summed E-state index contributed by atoms with van der Waals surface area (Å²) >= 11 is 4.28. The fourth-order valence-electron chi connectivity index (χ4n) is 1.18. The summed E-state index contributed by atoms with van der Waals surface area (Å²) in [5.74, 6) is 5.11. The first-order chi connectivity index (χ1) is 8.58. The number of aromatic nitrogens is 4.